The Morgan fingerprint density at radius 3 is 2.68 bits per heavy atom. The maximum atomic E-state index is 12.4. The monoisotopic (exact) mass is 305 g/mol. The number of methoxy groups -OCH3 is 1. The number of rotatable bonds is 4. The van der Waals surface area contributed by atoms with Crippen molar-refractivity contribution in [3.63, 3.8) is 0 Å². The minimum absolute atomic E-state index is 0.0171. The summed E-state index contributed by atoms with van der Waals surface area (Å²) in [7, 11) is 3.50. The van der Waals surface area contributed by atoms with Crippen LogP contribution in [0.2, 0.25) is 0 Å². The van der Waals surface area contributed by atoms with Crippen LogP contribution >= 0.6 is 0 Å². The summed E-state index contributed by atoms with van der Waals surface area (Å²) in [5.41, 5.74) is 0.893. The number of nitrogens with one attached hydrogen (secondary N) is 1. The first-order valence-corrected chi connectivity index (χ1v) is 8.21. The van der Waals surface area contributed by atoms with Gasteiger partial charge in [0, 0.05) is 31.4 Å². The molecule has 0 unspecified atom stereocenters. The topological polar surface area (TPSA) is 54.5 Å². The van der Waals surface area contributed by atoms with Crippen molar-refractivity contribution < 1.29 is 9.53 Å². The SMILES string of the molecule is COc1ncccc1CNC(=O)N(C)C1CCCCCCC1. The molecule has 0 saturated heterocycles. The minimum Gasteiger partial charge on any atom is -0.481 e. The number of aromatic nitrogens is 1. The predicted molar refractivity (Wildman–Crippen MR) is 86.9 cm³/mol. The van der Waals surface area contributed by atoms with Crippen LogP contribution in [-0.4, -0.2) is 36.1 Å². The summed E-state index contributed by atoms with van der Waals surface area (Å²) < 4.78 is 5.21. The lowest BCUT2D eigenvalue weighted by Gasteiger charge is -2.30. The van der Waals surface area contributed by atoms with Gasteiger partial charge in [0.1, 0.15) is 0 Å². The van der Waals surface area contributed by atoms with Gasteiger partial charge in [0.05, 0.1) is 7.11 Å². The van der Waals surface area contributed by atoms with Gasteiger partial charge in [-0.15, -0.1) is 0 Å². The van der Waals surface area contributed by atoms with Gasteiger partial charge in [0.25, 0.3) is 0 Å². The Balaban J connectivity index is 1.87. The lowest BCUT2D eigenvalue weighted by atomic mass is 9.96. The van der Waals surface area contributed by atoms with Gasteiger partial charge in [0.15, 0.2) is 0 Å². The zero-order valence-electron chi connectivity index (χ0n) is 13.7. The maximum absolute atomic E-state index is 12.4. The van der Waals surface area contributed by atoms with Crippen molar-refractivity contribution in [1.29, 1.82) is 0 Å². The molecule has 1 heterocycles. The predicted octanol–water partition coefficient (Wildman–Crippen LogP) is 3.34. The molecule has 122 valence electrons. The largest absolute Gasteiger partial charge is 0.481 e. The number of nitrogens with zero attached hydrogens (tertiary/aromatic N) is 2. The summed E-state index contributed by atoms with van der Waals surface area (Å²) in [4.78, 5) is 18.4. The number of carbonyl (C=O) groups excluding carboxylic acids is 1. The first kappa shape index (κ1) is 16.6. The molecule has 0 bridgehead atoms. The lowest BCUT2D eigenvalue weighted by molar-refractivity contribution is 0.177. The zero-order chi connectivity index (χ0) is 15.8. The van der Waals surface area contributed by atoms with Crippen molar-refractivity contribution in [2.24, 2.45) is 0 Å². The molecule has 1 saturated carbocycles. The van der Waals surface area contributed by atoms with Crippen molar-refractivity contribution in [2.45, 2.75) is 57.5 Å². The van der Waals surface area contributed by atoms with Crippen LogP contribution in [-0.2, 0) is 6.54 Å². The van der Waals surface area contributed by atoms with E-state index < -0.39 is 0 Å². The van der Waals surface area contributed by atoms with Gasteiger partial charge in [0.2, 0.25) is 5.88 Å². The van der Waals surface area contributed by atoms with Crippen LogP contribution in [0.1, 0.15) is 50.5 Å². The first-order valence-electron chi connectivity index (χ1n) is 8.21. The highest BCUT2D eigenvalue weighted by molar-refractivity contribution is 5.74. The molecule has 1 fully saturated rings. The van der Waals surface area contributed by atoms with Gasteiger partial charge < -0.3 is 15.0 Å². The van der Waals surface area contributed by atoms with E-state index in [4.69, 9.17) is 4.74 Å². The lowest BCUT2D eigenvalue weighted by Crippen LogP contribution is -2.43. The van der Waals surface area contributed by atoms with E-state index >= 15 is 0 Å². The van der Waals surface area contributed by atoms with E-state index in [2.05, 4.69) is 10.3 Å². The Labute approximate surface area is 133 Å². The van der Waals surface area contributed by atoms with Crippen LogP contribution in [0.4, 0.5) is 4.79 Å². The quantitative estimate of drug-likeness (QED) is 0.928. The average Bonchev–Trinajstić information content (AvgIpc) is 2.52. The van der Waals surface area contributed by atoms with Gasteiger partial charge in [-0.25, -0.2) is 9.78 Å². The Hall–Kier alpha value is -1.78. The number of carbonyl (C=O) groups is 1. The maximum Gasteiger partial charge on any atom is 0.317 e. The fourth-order valence-corrected chi connectivity index (χ4v) is 3.03. The second-order valence-electron chi connectivity index (χ2n) is 5.94. The summed E-state index contributed by atoms with van der Waals surface area (Å²) in [5, 5.41) is 2.97. The summed E-state index contributed by atoms with van der Waals surface area (Å²) in [6, 6.07) is 4.11. The van der Waals surface area contributed by atoms with Crippen molar-refractivity contribution >= 4 is 6.03 Å². The highest BCUT2D eigenvalue weighted by Crippen LogP contribution is 2.21. The molecule has 0 spiro atoms. The van der Waals surface area contributed by atoms with Gasteiger partial charge in [-0.2, -0.15) is 0 Å². The van der Waals surface area contributed by atoms with Gasteiger partial charge in [-0.1, -0.05) is 38.2 Å². The Kier molecular flexibility index (Phi) is 6.49. The zero-order valence-corrected chi connectivity index (χ0v) is 13.7. The molecule has 0 radical (unpaired) electrons. The van der Waals surface area contributed by atoms with Gasteiger partial charge in [-0.3, -0.25) is 0 Å². The first-order chi connectivity index (χ1) is 10.7. The highest BCUT2D eigenvalue weighted by atomic mass is 16.5. The molecule has 5 heteroatoms. The number of amides is 2. The van der Waals surface area contributed by atoms with E-state index in [-0.39, 0.29) is 6.03 Å². The molecule has 0 aromatic carbocycles. The summed E-state index contributed by atoms with van der Waals surface area (Å²) in [6.07, 6.45) is 10.3. The summed E-state index contributed by atoms with van der Waals surface area (Å²) in [6.45, 7) is 0.437. The third kappa shape index (κ3) is 4.61. The van der Waals surface area contributed by atoms with Crippen LogP contribution < -0.4 is 10.1 Å². The van der Waals surface area contributed by atoms with E-state index in [1.165, 1.54) is 32.1 Å². The van der Waals surface area contributed by atoms with E-state index in [1.54, 1.807) is 13.3 Å². The molecular weight excluding hydrogens is 278 g/mol. The summed E-state index contributed by atoms with van der Waals surface area (Å²) >= 11 is 0. The molecule has 1 N–H and O–H groups in total. The molecule has 5 nitrogen and oxygen atoms in total. The average molecular weight is 305 g/mol. The number of urea groups is 1. The van der Waals surface area contributed by atoms with E-state index in [9.17, 15) is 4.79 Å². The molecule has 0 atom stereocenters. The van der Waals surface area contributed by atoms with E-state index in [0.717, 1.165) is 18.4 Å². The second-order valence-corrected chi connectivity index (χ2v) is 5.94. The molecular formula is C17H27N3O2. The van der Waals surface area contributed by atoms with Crippen molar-refractivity contribution in [2.75, 3.05) is 14.2 Å². The summed E-state index contributed by atoms with van der Waals surface area (Å²) in [5.74, 6) is 0.566. The van der Waals surface area contributed by atoms with Crippen LogP contribution in [0.25, 0.3) is 0 Å². The molecule has 22 heavy (non-hydrogen) atoms. The van der Waals surface area contributed by atoms with E-state index in [1.807, 2.05) is 24.1 Å². The molecule has 1 aromatic heterocycles. The Morgan fingerprint density at radius 2 is 2.00 bits per heavy atom. The molecule has 1 aliphatic rings. The molecule has 0 aliphatic heterocycles. The third-order valence-corrected chi connectivity index (χ3v) is 4.42. The van der Waals surface area contributed by atoms with Crippen LogP contribution in [0.3, 0.4) is 0 Å². The second kappa shape index (κ2) is 8.61. The van der Waals surface area contributed by atoms with Crippen LogP contribution in [0.5, 0.6) is 5.88 Å². The number of hydrogen-bond donors (Lipinski definition) is 1. The van der Waals surface area contributed by atoms with Crippen LogP contribution in [0, 0.1) is 0 Å². The molecule has 2 rings (SSSR count). The van der Waals surface area contributed by atoms with Crippen LogP contribution in [0.15, 0.2) is 18.3 Å². The smallest absolute Gasteiger partial charge is 0.317 e. The number of ether oxygens (including phenoxy) is 1. The standard InChI is InChI=1S/C17H27N3O2/c1-20(15-10-6-4-3-5-7-11-15)17(21)19-13-14-9-8-12-18-16(14)22-2/h8-9,12,15H,3-7,10-11,13H2,1-2H3,(H,19,21). The Morgan fingerprint density at radius 1 is 1.32 bits per heavy atom. The minimum atomic E-state index is -0.0171. The van der Waals surface area contributed by atoms with Crippen molar-refractivity contribution in [1.82, 2.24) is 15.2 Å². The van der Waals surface area contributed by atoms with Crippen molar-refractivity contribution in [3.8, 4) is 5.88 Å². The van der Waals surface area contributed by atoms with Gasteiger partial charge >= 0.3 is 6.03 Å². The fraction of sp³-hybridized carbons (Fsp3) is 0.647. The van der Waals surface area contributed by atoms with Crippen molar-refractivity contribution in [3.05, 3.63) is 23.9 Å². The third-order valence-electron chi connectivity index (χ3n) is 4.42. The van der Waals surface area contributed by atoms with Gasteiger partial charge in [-0.05, 0) is 18.9 Å². The molecule has 1 aliphatic carbocycles. The molecule has 1 aromatic rings. The number of pyridine rings is 1. The fourth-order valence-electron chi connectivity index (χ4n) is 3.03. The highest BCUT2D eigenvalue weighted by Gasteiger charge is 2.20. The normalized spacial score (nSPS) is 16.5. The molecule has 2 amide bonds. The van der Waals surface area contributed by atoms with E-state index in [0.29, 0.717) is 18.5 Å². The Bertz CT molecular complexity index is 471. The number of hydrogen-bond acceptors (Lipinski definition) is 3.